The summed E-state index contributed by atoms with van der Waals surface area (Å²) in [5, 5.41) is 0. The van der Waals surface area contributed by atoms with Crippen LogP contribution in [-0.2, 0) is 17.1 Å². The normalized spacial score (nSPS) is 19.1. The predicted molar refractivity (Wildman–Crippen MR) is 51.5 cm³/mol. The second-order valence-corrected chi connectivity index (χ2v) is 2.91. The largest absolute Gasteiger partial charge is 0.198 e. The molecule has 2 aliphatic carbocycles. The van der Waals surface area contributed by atoms with E-state index in [-0.39, 0.29) is 17.1 Å². The van der Waals surface area contributed by atoms with Crippen LogP contribution in [0.5, 0.6) is 0 Å². The van der Waals surface area contributed by atoms with Gasteiger partial charge in [0.05, 0.1) is 0 Å². The number of rotatable bonds is 1. The van der Waals surface area contributed by atoms with Gasteiger partial charge in [0.1, 0.15) is 0 Å². The van der Waals surface area contributed by atoms with Crippen LogP contribution in [0.15, 0.2) is 53.7 Å². The molecule has 0 bridgehead atoms. The summed E-state index contributed by atoms with van der Waals surface area (Å²) in [6.45, 7) is 0. The van der Waals surface area contributed by atoms with Crippen molar-refractivity contribution >= 4 is 0 Å². The maximum absolute atomic E-state index is 3.32. The van der Waals surface area contributed by atoms with E-state index in [1.54, 1.807) is 0 Å². The Morgan fingerprint density at radius 1 is 1.08 bits per heavy atom. The van der Waals surface area contributed by atoms with Crippen LogP contribution in [0.3, 0.4) is 0 Å². The average molecular weight is 210 g/mol. The first-order chi connectivity index (χ1) is 5.97. The van der Waals surface area contributed by atoms with Gasteiger partial charge in [-0.1, -0.05) is 37.1 Å². The van der Waals surface area contributed by atoms with Crippen molar-refractivity contribution in [1.82, 2.24) is 0 Å². The molecule has 0 nitrogen and oxygen atoms in total. The molecule has 2 aliphatic rings. The molecule has 0 heterocycles. The van der Waals surface area contributed by atoms with Crippen LogP contribution < -0.4 is 0 Å². The maximum Gasteiger partial charge on any atom is 0 e. The van der Waals surface area contributed by atoms with Crippen molar-refractivity contribution in [2.75, 3.05) is 0 Å². The SMILES string of the molecule is [C-]1=C(C2=CC=CC=CC2)C=CC1.[Mn]. The molecule has 1 radical (unpaired) electrons. The molecule has 0 saturated heterocycles. The van der Waals surface area contributed by atoms with Gasteiger partial charge in [-0.2, -0.15) is 17.7 Å². The molecule has 13 heavy (non-hydrogen) atoms. The Morgan fingerprint density at radius 2 is 2.00 bits per heavy atom. The minimum Gasteiger partial charge on any atom is -0.198 e. The smallest absolute Gasteiger partial charge is 0 e. The summed E-state index contributed by atoms with van der Waals surface area (Å²) in [6.07, 6.45) is 20.2. The van der Waals surface area contributed by atoms with Crippen LogP contribution in [0, 0.1) is 6.08 Å². The minimum absolute atomic E-state index is 0. The van der Waals surface area contributed by atoms with Crippen molar-refractivity contribution in [2.45, 2.75) is 12.8 Å². The van der Waals surface area contributed by atoms with E-state index < -0.39 is 0 Å². The van der Waals surface area contributed by atoms with Gasteiger partial charge in [0, 0.05) is 17.1 Å². The summed E-state index contributed by atoms with van der Waals surface area (Å²) in [4.78, 5) is 0. The number of hydrogen-bond donors (Lipinski definition) is 0. The molecule has 0 N–H and O–H groups in total. The molecular weight excluding hydrogens is 199 g/mol. The molecule has 2 rings (SSSR count). The van der Waals surface area contributed by atoms with E-state index in [0.29, 0.717) is 0 Å². The summed E-state index contributed by atoms with van der Waals surface area (Å²) < 4.78 is 0. The van der Waals surface area contributed by atoms with Crippen molar-refractivity contribution in [2.24, 2.45) is 0 Å². The molecular formula is C12H11Mn-. The zero-order chi connectivity index (χ0) is 8.23. The van der Waals surface area contributed by atoms with E-state index in [1.807, 2.05) is 0 Å². The first kappa shape index (κ1) is 10.3. The third kappa shape index (κ3) is 2.58. The molecule has 0 fully saturated rings. The molecule has 0 unspecified atom stereocenters. The topological polar surface area (TPSA) is 0 Å². The summed E-state index contributed by atoms with van der Waals surface area (Å²) in [7, 11) is 0. The first-order valence-corrected chi connectivity index (χ1v) is 4.27. The summed E-state index contributed by atoms with van der Waals surface area (Å²) in [5.41, 5.74) is 2.64. The van der Waals surface area contributed by atoms with E-state index in [4.69, 9.17) is 0 Å². The third-order valence-electron chi connectivity index (χ3n) is 2.03. The van der Waals surface area contributed by atoms with Gasteiger partial charge in [-0.15, -0.1) is 17.7 Å². The Kier molecular flexibility index (Phi) is 4.01. The van der Waals surface area contributed by atoms with E-state index >= 15 is 0 Å². The molecule has 0 amide bonds. The fourth-order valence-corrected chi connectivity index (χ4v) is 1.40. The average Bonchev–Trinajstić information content (AvgIpc) is 2.48. The fraction of sp³-hybridized carbons (Fsp3) is 0.167. The number of allylic oxidation sites excluding steroid dienone is 10. The fourth-order valence-electron chi connectivity index (χ4n) is 1.40. The van der Waals surface area contributed by atoms with Gasteiger partial charge in [-0.3, -0.25) is 0 Å². The molecule has 0 saturated carbocycles. The van der Waals surface area contributed by atoms with E-state index in [2.05, 4.69) is 48.6 Å². The van der Waals surface area contributed by atoms with Gasteiger partial charge in [-0.05, 0) is 0 Å². The van der Waals surface area contributed by atoms with Crippen LogP contribution >= 0.6 is 0 Å². The van der Waals surface area contributed by atoms with Crippen LogP contribution in [0.1, 0.15) is 12.8 Å². The second-order valence-electron chi connectivity index (χ2n) is 2.91. The van der Waals surface area contributed by atoms with Gasteiger partial charge in [0.2, 0.25) is 0 Å². The molecule has 0 atom stereocenters. The first-order valence-electron chi connectivity index (χ1n) is 4.27. The molecule has 0 aromatic heterocycles. The summed E-state index contributed by atoms with van der Waals surface area (Å²) >= 11 is 0. The molecule has 0 aliphatic heterocycles. The monoisotopic (exact) mass is 210 g/mol. The van der Waals surface area contributed by atoms with Gasteiger partial charge in [0.25, 0.3) is 0 Å². The van der Waals surface area contributed by atoms with Crippen molar-refractivity contribution in [1.29, 1.82) is 0 Å². The number of hydrogen-bond acceptors (Lipinski definition) is 0. The quantitative estimate of drug-likeness (QED) is 0.460. The predicted octanol–water partition coefficient (Wildman–Crippen LogP) is 3.12. The Balaban J connectivity index is 0.000000845. The maximum atomic E-state index is 3.32. The van der Waals surface area contributed by atoms with Crippen molar-refractivity contribution in [3.63, 3.8) is 0 Å². The van der Waals surface area contributed by atoms with E-state index in [0.717, 1.165) is 12.8 Å². The summed E-state index contributed by atoms with van der Waals surface area (Å²) in [5.74, 6) is 0. The van der Waals surface area contributed by atoms with Crippen molar-refractivity contribution < 1.29 is 17.1 Å². The third-order valence-corrected chi connectivity index (χ3v) is 2.03. The van der Waals surface area contributed by atoms with Crippen LogP contribution in [0.25, 0.3) is 0 Å². The summed E-state index contributed by atoms with van der Waals surface area (Å²) in [6, 6.07) is 0. The minimum atomic E-state index is 0. The van der Waals surface area contributed by atoms with Crippen LogP contribution in [0.4, 0.5) is 0 Å². The van der Waals surface area contributed by atoms with Crippen LogP contribution in [-0.4, -0.2) is 0 Å². The van der Waals surface area contributed by atoms with Gasteiger partial charge < -0.3 is 0 Å². The van der Waals surface area contributed by atoms with Crippen molar-refractivity contribution in [3.8, 4) is 0 Å². The van der Waals surface area contributed by atoms with Crippen LogP contribution in [0.2, 0.25) is 0 Å². The van der Waals surface area contributed by atoms with E-state index in [1.165, 1.54) is 11.1 Å². The molecule has 0 aromatic rings. The molecule has 0 spiro atoms. The van der Waals surface area contributed by atoms with Crippen molar-refractivity contribution in [3.05, 3.63) is 59.8 Å². The van der Waals surface area contributed by atoms with Gasteiger partial charge in [0.15, 0.2) is 0 Å². The second kappa shape index (κ2) is 5.06. The zero-order valence-corrected chi connectivity index (χ0v) is 8.51. The Morgan fingerprint density at radius 3 is 2.77 bits per heavy atom. The molecule has 1 heteroatoms. The Hall–Kier alpha value is -0.781. The van der Waals surface area contributed by atoms with Gasteiger partial charge >= 0.3 is 0 Å². The zero-order valence-electron chi connectivity index (χ0n) is 7.33. The Labute approximate surface area is 89.9 Å². The Bertz CT molecular complexity index is 314. The van der Waals surface area contributed by atoms with E-state index in [9.17, 15) is 0 Å². The molecule has 67 valence electrons. The standard InChI is InChI=1S/C12H11.Mn/c1-2-4-8-11(7-3-1)12-9-5-6-10-12;/h1-5,7,9H,6,8H2;/q-1;. The molecule has 0 aromatic carbocycles. The van der Waals surface area contributed by atoms with Gasteiger partial charge in [-0.25, -0.2) is 0 Å².